The summed E-state index contributed by atoms with van der Waals surface area (Å²) in [7, 11) is -4.54. The average Bonchev–Trinajstić information content (AvgIpc) is 3.29. The number of carbonyl (C=O) groups is 3. The van der Waals surface area contributed by atoms with E-state index in [1.807, 2.05) is 32.9 Å². The third kappa shape index (κ3) is 5.85. The molecule has 0 bridgehead atoms. The lowest BCUT2D eigenvalue weighted by atomic mass is 9.80. The van der Waals surface area contributed by atoms with Gasteiger partial charge in [-0.05, 0) is 55.7 Å². The molecule has 0 atom stereocenters. The van der Waals surface area contributed by atoms with E-state index in [2.05, 4.69) is 13.9 Å². The third-order valence-electron chi connectivity index (χ3n) is 7.19. The highest BCUT2D eigenvalue weighted by atomic mass is 32.2. The summed E-state index contributed by atoms with van der Waals surface area (Å²) in [6.07, 6.45) is 2.11. The molecule has 210 valence electrons. The Morgan fingerprint density at radius 2 is 1.79 bits per heavy atom. The molecule has 2 amide bonds. The van der Waals surface area contributed by atoms with Gasteiger partial charge in [-0.3, -0.25) is 14.1 Å². The van der Waals surface area contributed by atoms with E-state index in [-0.39, 0.29) is 24.2 Å². The Morgan fingerprint density at radius 1 is 1.10 bits per heavy atom. The Hall–Kier alpha value is -2.88. The van der Waals surface area contributed by atoms with E-state index in [0.717, 1.165) is 23.4 Å². The fourth-order valence-electron chi connectivity index (χ4n) is 5.02. The second kappa shape index (κ2) is 11.3. The van der Waals surface area contributed by atoms with Crippen molar-refractivity contribution in [3.05, 3.63) is 29.8 Å². The normalized spacial score (nSPS) is 16.9. The van der Waals surface area contributed by atoms with Gasteiger partial charge < -0.3 is 4.84 Å². The quantitative estimate of drug-likeness (QED) is 0.0749. The maximum atomic E-state index is 12.1. The van der Waals surface area contributed by atoms with Crippen LogP contribution in [-0.4, -0.2) is 57.9 Å². The SMILES string of the molecule is CC1=[N+](CCCCCC(=O)ON2C(=O)CCC2=O)c2ccc3c(SOOO)cc(S(=O)(=O)O)cc3c2C1(C)C. The minimum absolute atomic E-state index is 0.0486. The molecule has 1 fully saturated rings. The standard InChI is InChI=1S/C25H28N2O10S2/c1-15-25(2,3)24-18-13-16(39(32,33)34)14-20(38-37-36-31)17(18)8-9-19(24)26(15)12-6-4-5-7-23(30)35-27-21(28)10-11-22(27)29/h8-9,13-14H,4-7,10-12H2,1-3H3,(H-,31,32,33,34)/p+1. The number of imide groups is 1. The number of rotatable bonds is 11. The van der Waals surface area contributed by atoms with Crippen molar-refractivity contribution < 1.29 is 51.4 Å². The Morgan fingerprint density at radius 3 is 2.44 bits per heavy atom. The van der Waals surface area contributed by atoms with Gasteiger partial charge in [0.15, 0.2) is 5.71 Å². The highest BCUT2D eigenvalue weighted by Gasteiger charge is 2.44. The van der Waals surface area contributed by atoms with E-state index in [1.165, 1.54) is 12.1 Å². The van der Waals surface area contributed by atoms with Crippen molar-refractivity contribution in [3.63, 3.8) is 0 Å². The van der Waals surface area contributed by atoms with E-state index in [1.54, 1.807) is 0 Å². The van der Waals surface area contributed by atoms with Crippen molar-refractivity contribution in [1.82, 2.24) is 5.06 Å². The van der Waals surface area contributed by atoms with Crippen molar-refractivity contribution in [3.8, 4) is 0 Å². The Labute approximate surface area is 229 Å². The summed E-state index contributed by atoms with van der Waals surface area (Å²) in [5, 5.41) is 14.1. The molecule has 12 nitrogen and oxygen atoms in total. The second-order valence-electron chi connectivity index (χ2n) is 9.90. The number of nitrogens with zero attached hydrogens (tertiary/aromatic N) is 2. The molecule has 2 heterocycles. The summed E-state index contributed by atoms with van der Waals surface area (Å²) < 4.78 is 40.5. The number of hydrogen-bond donors (Lipinski definition) is 2. The van der Waals surface area contributed by atoms with E-state index >= 15 is 0 Å². The molecule has 0 spiro atoms. The van der Waals surface area contributed by atoms with Gasteiger partial charge in [0.1, 0.15) is 6.54 Å². The maximum Gasteiger partial charge on any atom is 0.333 e. The molecule has 0 aliphatic carbocycles. The van der Waals surface area contributed by atoms with Gasteiger partial charge in [-0.1, -0.05) is 5.04 Å². The van der Waals surface area contributed by atoms with Gasteiger partial charge in [0.05, 0.1) is 22.4 Å². The predicted octanol–water partition coefficient (Wildman–Crippen LogP) is 4.08. The van der Waals surface area contributed by atoms with Crippen LogP contribution >= 0.6 is 12.0 Å². The zero-order chi connectivity index (χ0) is 28.5. The fraction of sp³-hybridized carbons (Fsp3) is 0.440. The minimum Gasteiger partial charge on any atom is -0.330 e. The number of hydrogen-bond acceptors (Lipinski definition) is 10. The number of unbranched alkanes of at least 4 members (excludes halogenated alkanes) is 2. The van der Waals surface area contributed by atoms with Crippen LogP contribution in [0, 0.1) is 0 Å². The molecular weight excluding hydrogens is 552 g/mol. The predicted molar refractivity (Wildman–Crippen MR) is 139 cm³/mol. The molecule has 2 aromatic carbocycles. The zero-order valence-electron chi connectivity index (χ0n) is 21.6. The molecule has 2 aromatic rings. The highest BCUT2D eigenvalue weighted by molar-refractivity contribution is 7.94. The summed E-state index contributed by atoms with van der Waals surface area (Å²) in [5.74, 6) is -1.64. The van der Waals surface area contributed by atoms with Crippen LogP contribution in [0.15, 0.2) is 34.1 Å². The van der Waals surface area contributed by atoms with Crippen molar-refractivity contribution in [2.24, 2.45) is 0 Å². The Kier molecular flexibility index (Phi) is 8.44. The van der Waals surface area contributed by atoms with Gasteiger partial charge in [-0.25, -0.2) is 10.1 Å². The van der Waals surface area contributed by atoms with Crippen LogP contribution in [0.3, 0.4) is 0 Å². The summed E-state index contributed by atoms with van der Waals surface area (Å²) in [5.41, 5.74) is 2.31. The van der Waals surface area contributed by atoms with Crippen molar-refractivity contribution >= 4 is 62.1 Å². The highest BCUT2D eigenvalue weighted by Crippen LogP contribution is 2.46. The Balaban J connectivity index is 1.51. The molecule has 2 aliphatic heterocycles. The molecule has 39 heavy (non-hydrogen) atoms. The van der Waals surface area contributed by atoms with Crippen molar-refractivity contribution in [2.75, 3.05) is 6.54 Å². The van der Waals surface area contributed by atoms with E-state index < -0.39 is 33.3 Å². The van der Waals surface area contributed by atoms with E-state index in [4.69, 9.17) is 10.1 Å². The summed E-state index contributed by atoms with van der Waals surface area (Å²) in [6.45, 7) is 6.68. The van der Waals surface area contributed by atoms with Crippen LogP contribution in [-0.2, 0) is 44.1 Å². The van der Waals surface area contributed by atoms with Gasteiger partial charge >= 0.3 is 5.97 Å². The largest absolute Gasteiger partial charge is 0.333 e. The third-order valence-corrected chi connectivity index (χ3v) is 8.67. The molecule has 0 saturated carbocycles. The lowest BCUT2D eigenvalue weighted by Gasteiger charge is -2.18. The minimum atomic E-state index is -4.54. The van der Waals surface area contributed by atoms with Crippen LogP contribution in [0.4, 0.5) is 5.69 Å². The topological polar surface area (TPSA) is 160 Å². The molecule has 2 N–H and O–H groups in total. The first-order chi connectivity index (χ1) is 18.4. The smallest absolute Gasteiger partial charge is 0.330 e. The van der Waals surface area contributed by atoms with Gasteiger partial charge in [0.2, 0.25) is 5.69 Å². The molecule has 0 aromatic heterocycles. The molecule has 1 saturated heterocycles. The monoisotopic (exact) mass is 581 g/mol. The van der Waals surface area contributed by atoms with E-state index in [9.17, 15) is 27.4 Å². The van der Waals surface area contributed by atoms with Crippen LogP contribution < -0.4 is 0 Å². The van der Waals surface area contributed by atoms with Gasteiger partial charge in [0.25, 0.3) is 21.9 Å². The molecule has 0 unspecified atom stereocenters. The van der Waals surface area contributed by atoms with Gasteiger partial charge in [-0.15, -0.1) is 9.40 Å². The fourth-order valence-corrected chi connectivity index (χ4v) is 6.18. The van der Waals surface area contributed by atoms with Crippen molar-refractivity contribution in [2.45, 2.75) is 74.5 Å². The lowest BCUT2D eigenvalue weighted by molar-refractivity contribution is -0.439. The zero-order valence-corrected chi connectivity index (χ0v) is 23.3. The van der Waals surface area contributed by atoms with Crippen molar-refractivity contribution in [1.29, 1.82) is 0 Å². The number of benzene rings is 2. The summed E-state index contributed by atoms with van der Waals surface area (Å²) in [4.78, 5) is 40.2. The van der Waals surface area contributed by atoms with Crippen LogP contribution in [0.2, 0.25) is 0 Å². The molecule has 14 heteroatoms. The average molecular weight is 582 g/mol. The Bertz CT molecular complexity index is 1470. The van der Waals surface area contributed by atoms with E-state index in [0.29, 0.717) is 52.2 Å². The van der Waals surface area contributed by atoms with Gasteiger partial charge in [0, 0.05) is 49.1 Å². The molecule has 0 radical (unpaired) electrons. The maximum absolute atomic E-state index is 12.1. The number of carbonyl (C=O) groups excluding carboxylic acids is 3. The lowest BCUT2D eigenvalue weighted by Crippen LogP contribution is -2.31. The first kappa shape index (κ1) is 29.1. The first-order valence-electron chi connectivity index (χ1n) is 12.3. The molecule has 2 aliphatic rings. The molecular formula is C25H29N2O10S2+. The van der Waals surface area contributed by atoms with Crippen LogP contribution in [0.25, 0.3) is 10.8 Å². The number of fused-ring (bicyclic) bond motifs is 3. The summed E-state index contributed by atoms with van der Waals surface area (Å²) >= 11 is 0.613. The first-order valence-corrected chi connectivity index (χ1v) is 14.5. The summed E-state index contributed by atoms with van der Waals surface area (Å²) in [6, 6.07) is 6.40. The van der Waals surface area contributed by atoms with Crippen LogP contribution in [0.1, 0.15) is 64.9 Å². The number of amides is 2. The molecule has 4 rings (SSSR count). The number of hydroxylamine groups is 2. The van der Waals surface area contributed by atoms with Gasteiger partial charge in [-0.2, -0.15) is 13.0 Å². The second-order valence-corrected chi connectivity index (χ2v) is 12.1. The van der Waals surface area contributed by atoms with Crippen LogP contribution in [0.5, 0.6) is 0 Å².